The van der Waals surface area contributed by atoms with E-state index >= 15 is 0 Å². The fourth-order valence-corrected chi connectivity index (χ4v) is 3.65. The number of hydrogen-bond acceptors (Lipinski definition) is 3. The highest BCUT2D eigenvalue weighted by Gasteiger charge is 2.36. The summed E-state index contributed by atoms with van der Waals surface area (Å²) >= 11 is 0. The molecule has 4 rings (SSSR count). The topological polar surface area (TPSA) is 38.8 Å². The molecule has 1 amide bonds. The average molecular weight is 445 g/mol. The first-order chi connectivity index (χ1) is 15.2. The van der Waals surface area contributed by atoms with Gasteiger partial charge >= 0.3 is 12.3 Å². The molecular weight excluding hydrogens is 426 g/mol. The van der Waals surface area contributed by atoms with Crippen LogP contribution < -0.4 is 4.74 Å². The van der Waals surface area contributed by atoms with E-state index in [1.54, 1.807) is 7.05 Å². The van der Waals surface area contributed by atoms with Crippen LogP contribution in [0, 0.1) is 5.82 Å². The number of nitrogens with zero attached hydrogens (tertiary/aromatic N) is 1. The number of benzene rings is 3. The van der Waals surface area contributed by atoms with Crippen LogP contribution in [0.5, 0.6) is 5.75 Å². The van der Waals surface area contributed by atoms with Gasteiger partial charge in [0.15, 0.2) is 0 Å². The van der Waals surface area contributed by atoms with Crippen LogP contribution in [0.4, 0.5) is 22.4 Å². The molecule has 1 aliphatic heterocycles. The third kappa shape index (κ3) is 4.54. The summed E-state index contributed by atoms with van der Waals surface area (Å²) in [6, 6.07) is 16.3. The lowest BCUT2D eigenvalue weighted by molar-refractivity contribution is -0.137. The summed E-state index contributed by atoms with van der Waals surface area (Å²) in [5.41, 5.74) is 0.0867. The molecule has 0 saturated heterocycles. The molecule has 0 radical (unpaired) electrons. The maximum Gasteiger partial charge on any atom is 0.417 e. The highest BCUT2D eigenvalue weighted by Crippen LogP contribution is 2.44. The first-order valence-corrected chi connectivity index (χ1v) is 9.83. The van der Waals surface area contributed by atoms with E-state index in [0.717, 1.165) is 17.7 Å². The number of rotatable bonds is 4. The van der Waals surface area contributed by atoms with Crippen LogP contribution in [0.15, 0.2) is 66.7 Å². The Bertz CT molecular complexity index is 1130. The normalized spacial score (nSPS) is 15.1. The molecule has 166 valence electrons. The third-order valence-electron chi connectivity index (χ3n) is 5.10. The molecule has 0 saturated carbocycles. The summed E-state index contributed by atoms with van der Waals surface area (Å²) in [7, 11) is 1.56. The van der Waals surface area contributed by atoms with Crippen LogP contribution >= 0.6 is 0 Å². The van der Waals surface area contributed by atoms with Crippen LogP contribution in [0.1, 0.15) is 16.7 Å². The van der Waals surface area contributed by atoms with Crippen molar-refractivity contribution >= 4 is 6.09 Å². The highest BCUT2D eigenvalue weighted by molar-refractivity contribution is 5.76. The zero-order chi connectivity index (χ0) is 22.9. The molecule has 0 aliphatic carbocycles. The van der Waals surface area contributed by atoms with Crippen LogP contribution in [0.25, 0.3) is 11.1 Å². The molecule has 1 heterocycles. The van der Waals surface area contributed by atoms with Crippen LogP contribution in [0.2, 0.25) is 0 Å². The lowest BCUT2D eigenvalue weighted by atomic mass is 9.96. The number of alkyl halides is 3. The van der Waals surface area contributed by atoms with Crippen molar-refractivity contribution in [3.8, 4) is 16.9 Å². The molecule has 3 aromatic carbocycles. The van der Waals surface area contributed by atoms with Gasteiger partial charge in [0.1, 0.15) is 11.6 Å². The van der Waals surface area contributed by atoms with Crippen molar-refractivity contribution in [2.45, 2.75) is 25.4 Å². The molecule has 0 spiro atoms. The number of halogens is 4. The molecule has 0 aromatic heterocycles. The van der Waals surface area contributed by atoms with Gasteiger partial charge in [-0.2, -0.15) is 13.2 Å². The maximum absolute atomic E-state index is 14.2. The minimum Gasteiger partial charge on any atom is -0.453 e. The lowest BCUT2D eigenvalue weighted by Crippen LogP contribution is -2.32. The number of carbonyl (C=O) groups is 1. The van der Waals surface area contributed by atoms with E-state index in [9.17, 15) is 22.4 Å². The second-order valence-corrected chi connectivity index (χ2v) is 7.46. The Labute approximate surface area is 182 Å². The van der Waals surface area contributed by atoms with Crippen LogP contribution in [-0.2, 0) is 23.9 Å². The smallest absolute Gasteiger partial charge is 0.417 e. The molecule has 0 bridgehead atoms. The van der Waals surface area contributed by atoms with Crippen molar-refractivity contribution in [2.75, 3.05) is 7.05 Å². The Hall–Kier alpha value is -3.55. The minimum atomic E-state index is -4.62. The lowest BCUT2D eigenvalue weighted by Gasteiger charge is -2.20. The second-order valence-electron chi connectivity index (χ2n) is 7.46. The van der Waals surface area contributed by atoms with Gasteiger partial charge in [-0.1, -0.05) is 48.5 Å². The van der Waals surface area contributed by atoms with Gasteiger partial charge in [0.05, 0.1) is 12.0 Å². The Morgan fingerprint density at radius 2 is 1.75 bits per heavy atom. The molecule has 3 aromatic rings. The zero-order valence-corrected chi connectivity index (χ0v) is 17.0. The molecule has 1 unspecified atom stereocenters. The molecule has 0 fully saturated rings. The first-order valence-electron chi connectivity index (χ1n) is 9.83. The van der Waals surface area contributed by atoms with Gasteiger partial charge in [-0.15, -0.1) is 0 Å². The standard InChI is InChI=1S/C24H19F4NO3/c1-29(14-15-7-3-2-4-8-15)23(30)32-21-12-16-11-17(25)13-19(22(16)31-21)18-9-5-6-10-20(18)24(26,27)28/h2-11,13,21H,12,14H2,1H3. The average Bonchev–Trinajstić information content (AvgIpc) is 3.15. The Morgan fingerprint density at radius 1 is 1.06 bits per heavy atom. The maximum atomic E-state index is 14.2. The minimum absolute atomic E-state index is 0.0270. The molecular formula is C24H19F4NO3. The number of hydrogen-bond donors (Lipinski definition) is 0. The summed E-state index contributed by atoms with van der Waals surface area (Å²) in [4.78, 5) is 13.8. The van der Waals surface area contributed by atoms with Gasteiger partial charge in [-0.25, -0.2) is 9.18 Å². The number of ether oxygens (including phenoxy) is 2. The molecule has 1 aliphatic rings. The van der Waals surface area contributed by atoms with Gasteiger partial charge in [-0.05, 0) is 29.3 Å². The largest absolute Gasteiger partial charge is 0.453 e. The summed E-state index contributed by atoms with van der Waals surface area (Å²) in [5, 5.41) is 0. The zero-order valence-electron chi connectivity index (χ0n) is 17.0. The van der Waals surface area contributed by atoms with E-state index in [1.165, 1.54) is 29.2 Å². The van der Waals surface area contributed by atoms with Crippen molar-refractivity contribution in [1.29, 1.82) is 0 Å². The number of amides is 1. The van der Waals surface area contributed by atoms with Gasteiger partial charge in [0.2, 0.25) is 6.29 Å². The van der Waals surface area contributed by atoms with Gasteiger partial charge in [0, 0.05) is 24.7 Å². The molecule has 8 heteroatoms. The molecule has 32 heavy (non-hydrogen) atoms. The van der Waals surface area contributed by atoms with Gasteiger partial charge < -0.3 is 14.4 Å². The quantitative estimate of drug-likeness (QED) is 0.460. The van der Waals surface area contributed by atoms with E-state index in [2.05, 4.69) is 0 Å². The molecule has 0 N–H and O–H groups in total. The first kappa shape index (κ1) is 21.7. The fourth-order valence-electron chi connectivity index (χ4n) is 3.65. The van der Waals surface area contributed by atoms with E-state index in [-0.39, 0.29) is 23.3 Å². The van der Waals surface area contributed by atoms with Crippen molar-refractivity contribution in [3.63, 3.8) is 0 Å². The molecule has 1 atom stereocenters. The van der Waals surface area contributed by atoms with Crippen molar-refractivity contribution in [2.24, 2.45) is 0 Å². The predicted molar refractivity (Wildman–Crippen MR) is 109 cm³/mol. The fraction of sp³-hybridized carbons (Fsp3) is 0.208. The number of carbonyl (C=O) groups excluding carboxylic acids is 1. The SMILES string of the molecule is CN(Cc1ccccc1)C(=O)OC1Cc2cc(F)cc(-c3ccccc3C(F)(F)F)c2O1. The van der Waals surface area contributed by atoms with E-state index in [0.29, 0.717) is 12.1 Å². The van der Waals surface area contributed by atoms with Gasteiger partial charge in [0.25, 0.3) is 0 Å². The summed E-state index contributed by atoms with van der Waals surface area (Å²) in [5.74, 6) is -0.626. The Morgan fingerprint density at radius 3 is 2.47 bits per heavy atom. The highest BCUT2D eigenvalue weighted by atomic mass is 19.4. The third-order valence-corrected chi connectivity index (χ3v) is 5.10. The monoisotopic (exact) mass is 445 g/mol. The Balaban J connectivity index is 1.55. The van der Waals surface area contributed by atoms with Gasteiger partial charge in [-0.3, -0.25) is 0 Å². The van der Waals surface area contributed by atoms with Crippen LogP contribution in [0.3, 0.4) is 0 Å². The summed E-state index contributed by atoms with van der Waals surface area (Å²) < 4.78 is 65.8. The van der Waals surface area contributed by atoms with E-state index in [1.807, 2.05) is 30.3 Å². The molecule has 4 nitrogen and oxygen atoms in total. The van der Waals surface area contributed by atoms with Crippen LogP contribution in [-0.4, -0.2) is 24.3 Å². The van der Waals surface area contributed by atoms with E-state index in [4.69, 9.17) is 9.47 Å². The number of fused-ring (bicyclic) bond motifs is 1. The second kappa shape index (κ2) is 8.53. The summed E-state index contributed by atoms with van der Waals surface area (Å²) in [6.45, 7) is 0.304. The predicted octanol–water partition coefficient (Wildman–Crippen LogP) is 6.04. The summed E-state index contributed by atoms with van der Waals surface area (Å²) in [6.07, 6.45) is -6.33. The Kier molecular flexibility index (Phi) is 5.78. The van der Waals surface area contributed by atoms with Crippen molar-refractivity contribution in [3.05, 3.63) is 89.2 Å². The van der Waals surface area contributed by atoms with E-state index < -0.39 is 29.9 Å². The van der Waals surface area contributed by atoms with Crippen molar-refractivity contribution < 1.29 is 31.8 Å². The van der Waals surface area contributed by atoms with Crippen molar-refractivity contribution in [1.82, 2.24) is 4.90 Å².